The minimum absolute atomic E-state index is 0.0694. The summed E-state index contributed by atoms with van der Waals surface area (Å²) in [6.45, 7) is 16.5. The minimum Gasteiger partial charge on any atom is -0.465 e. The molecule has 0 spiro atoms. The van der Waals surface area contributed by atoms with Crippen LogP contribution in [0.5, 0.6) is 11.5 Å². The van der Waals surface area contributed by atoms with E-state index in [0.717, 1.165) is 22.6 Å². The molecule has 6 nitrogen and oxygen atoms in total. The number of esters is 1. The molecule has 1 saturated heterocycles. The monoisotopic (exact) mass is 448 g/mol. The van der Waals surface area contributed by atoms with Crippen molar-refractivity contribution in [2.45, 2.75) is 77.3 Å². The van der Waals surface area contributed by atoms with Crippen molar-refractivity contribution in [1.82, 2.24) is 0 Å². The second kappa shape index (κ2) is 8.41. The molecule has 4 unspecified atom stereocenters. The van der Waals surface area contributed by atoms with Gasteiger partial charge in [-0.2, -0.15) is 0 Å². The summed E-state index contributed by atoms with van der Waals surface area (Å²) in [4.78, 5) is 11.6. The number of rotatable bonds is 8. The van der Waals surface area contributed by atoms with Crippen molar-refractivity contribution in [2.75, 3.05) is 20.0 Å². The molecule has 2 bridgehead atoms. The number of fused-ring (bicyclic) bond motifs is 6. The van der Waals surface area contributed by atoms with Gasteiger partial charge in [-0.3, -0.25) is 4.79 Å². The highest BCUT2D eigenvalue weighted by Gasteiger charge is 2.55. The lowest BCUT2D eigenvalue weighted by molar-refractivity contribution is -0.143. The molecule has 31 heavy (non-hydrogen) atoms. The molecule has 3 aliphatic rings. The Balaban J connectivity index is 1.63. The summed E-state index contributed by atoms with van der Waals surface area (Å²) in [5, 5.41) is 0. The zero-order chi connectivity index (χ0) is 22.5. The van der Waals surface area contributed by atoms with Crippen LogP contribution < -0.4 is 9.47 Å². The number of benzene rings is 1. The van der Waals surface area contributed by atoms with Gasteiger partial charge in [0.25, 0.3) is 0 Å². The molecule has 4 rings (SSSR count). The fraction of sp³-hybridized carbons (Fsp3) is 0.708. The Labute approximate surface area is 186 Å². The van der Waals surface area contributed by atoms with E-state index in [2.05, 4.69) is 47.6 Å². The molecule has 0 amide bonds. The second-order valence-corrected chi connectivity index (χ2v) is 15.5. The van der Waals surface area contributed by atoms with E-state index < -0.39 is 8.32 Å². The summed E-state index contributed by atoms with van der Waals surface area (Å²) >= 11 is 0. The first-order valence-electron chi connectivity index (χ1n) is 11.5. The van der Waals surface area contributed by atoms with Crippen LogP contribution >= 0.6 is 0 Å². The van der Waals surface area contributed by atoms with Gasteiger partial charge in [-0.15, -0.1) is 0 Å². The molecular weight excluding hydrogens is 412 g/mol. The summed E-state index contributed by atoms with van der Waals surface area (Å²) in [5.41, 5.74) is 3.83. The van der Waals surface area contributed by atoms with Crippen molar-refractivity contribution in [2.24, 2.45) is 11.8 Å². The number of hydrogen-bond donors (Lipinski definition) is 0. The number of ether oxygens (including phenoxy) is 4. The van der Waals surface area contributed by atoms with E-state index >= 15 is 0 Å². The fourth-order valence-corrected chi connectivity index (χ4v) is 11.7. The van der Waals surface area contributed by atoms with Crippen LogP contribution in [0.2, 0.25) is 16.6 Å². The first-order valence-corrected chi connectivity index (χ1v) is 13.7. The third-order valence-corrected chi connectivity index (χ3v) is 13.6. The Kier molecular flexibility index (Phi) is 6.13. The van der Waals surface area contributed by atoms with Crippen LogP contribution in [0.4, 0.5) is 0 Å². The average molecular weight is 449 g/mol. The van der Waals surface area contributed by atoms with Crippen molar-refractivity contribution < 1.29 is 28.2 Å². The molecule has 1 aromatic carbocycles. The van der Waals surface area contributed by atoms with Crippen molar-refractivity contribution in [3.05, 3.63) is 23.3 Å². The summed E-state index contributed by atoms with van der Waals surface area (Å²) in [5.74, 6) is 1.49. The van der Waals surface area contributed by atoms with Gasteiger partial charge in [-0.25, -0.2) is 0 Å². The molecule has 172 valence electrons. The molecule has 4 atom stereocenters. The van der Waals surface area contributed by atoms with Crippen molar-refractivity contribution in [3.63, 3.8) is 0 Å². The summed E-state index contributed by atoms with van der Waals surface area (Å²) < 4.78 is 30.1. The standard InChI is InChI=1S/C24H36O6Si/c1-13(2)31(14(3)4,15(5)6)29-11-20-19(10-26-16(7)25)23-17-8-21-22(28-12-27-21)9-18(17)24(20)30-23/h8-9,13-15,19-20,23-24H,10-12H2,1-7H3. The molecule has 0 saturated carbocycles. The van der Waals surface area contributed by atoms with Crippen LogP contribution in [-0.2, 0) is 18.7 Å². The second-order valence-electron chi connectivity index (χ2n) is 10.1. The van der Waals surface area contributed by atoms with Crippen LogP contribution in [0.1, 0.15) is 71.8 Å². The van der Waals surface area contributed by atoms with Gasteiger partial charge in [0.05, 0.1) is 18.8 Å². The van der Waals surface area contributed by atoms with E-state index in [4.69, 9.17) is 23.4 Å². The predicted octanol–water partition coefficient (Wildman–Crippen LogP) is 5.53. The molecule has 3 aliphatic heterocycles. The van der Waals surface area contributed by atoms with Crippen molar-refractivity contribution in [3.8, 4) is 11.5 Å². The van der Waals surface area contributed by atoms with E-state index in [-0.39, 0.29) is 36.8 Å². The zero-order valence-corrected chi connectivity index (χ0v) is 20.8. The minimum atomic E-state index is -2.01. The summed E-state index contributed by atoms with van der Waals surface area (Å²) in [6.07, 6.45) is -0.191. The Bertz CT molecular complexity index is 814. The van der Waals surface area contributed by atoms with Crippen molar-refractivity contribution >= 4 is 14.3 Å². The van der Waals surface area contributed by atoms with Crippen molar-refractivity contribution in [1.29, 1.82) is 0 Å². The highest BCUT2D eigenvalue weighted by Crippen LogP contribution is 2.60. The average Bonchev–Trinajstić information content (AvgIpc) is 3.37. The number of carbonyl (C=O) groups excluding carboxylic acids is 1. The quantitative estimate of drug-likeness (QED) is 0.385. The molecule has 1 aromatic rings. The van der Waals surface area contributed by atoms with E-state index in [1.54, 1.807) is 0 Å². The largest absolute Gasteiger partial charge is 0.465 e. The van der Waals surface area contributed by atoms with Gasteiger partial charge in [0, 0.05) is 25.4 Å². The lowest BCUT2D eigenvalue weighted by atomic mass is 9.76. The fourth-order valence-electron chi connectivity index (χ4n) is 6.26. The highest BCUT2D eigenvalue weighted by atomic mass is 28.4. The van der Waals surface area contributed by atoms with E-state index in [1.807, 2.05) is 6.07 Å². The molecule has 0 N–H and O–H groups in total. The van der Waals surface area contributed by atoms with Gasteiger partial charge in [0.1, 0.15) is 0 Å². The molecule has 0 radical (unpaired) electrons. The Morgan fingerprint density at radius 3 is 1.87 bits per heavy atom. The van der Waals surface area contributed by atoms with Gasteiger partial charge in [0.15, 0.2) is 19.8 Å². The summed E-state index contributed by atoms with van der Waals surface area (Å²) in [6, 6.07) is 4.10. The molecule has 7 heteroatoms. The Morgan fingerprint density at radius 2 is 1.42 bits per heavy atom. The van der Waals surface area contributed by atoms with E-state index in [1.165, 1.54) is 6.92 Å². The maximum absolute atomic E-state index is 11.6. The first-order chi connectivity index (χ1) is 14.7. The van der Waals surface area contributed by atoms with Crippen LogP contribution in [0.25, 0.3) is 0 Å². The third-order valence-electron chi connectivity index (χ3n) is 7.52. The molecule has 0 aromatic heterocycles. The van der Waals surface area contributed by atoms with Crippen LogP contribution in [0.15, 0.2) is 12.1 Å². The Hall–Kier alpha value is -1.57. The predicted molar refractivity (Wildman–Crippen MR) is 120 cm³/mol. The van der Waals surface area contributed by atoms with Gasteiger partial charge in [0.2, 0.25) is 6.79 Å². The smallest absolute Gasteiger partial charge is 0.302 e. The lowest BCUT2D eigenvalue weighted by Crippen LogP contribution is -2.49. The summed E-state index contributed by atoms with van der Waals surface area (Å²) in [7, 11) is -2.01. The molecule has 1 fully saturated rings. The molecule has 3 heterocycles. The Morgan fingerprint density at radius 1 is 0.935 bits per heavy atom. The van der Waals surface area contributed by atoms with Gasteiger partial charge < -0.3 is 23.4 Å². The van der Waals surface area contributed by atoms with Crippen LogP contribution in [0, 0.1) is 11.8 Å². The van der Waals surface area contributed by atoms with Crippen LogP contribution in [0.3, 0.4) is 0 Å². The topological polar surface area (TPSA) is 63.2 Å². The number of carbonyl (C=O) groups is 1. The van der Waals surface area contributed by atoms with E-state index in [0.29, 0.717) is 29.8 Å². The maximum Gasteiger partial charge on any atom is 0.302 e. The number of hydrogen-bond acceptors (Lipinski definition) is 6. The van der Waals surface area contributed by atoms with E-state index in [9.17, 15) is 4.79 Å². The molecular formula is C24H36O6Si. The molecule has 0 aliphatic carbocycles. The highest BCUT2D eigenvalue weighted by molar-refractivity contribution is 6.77. The van der Waals surface area contributed by atoms with Gasteiger partial charge in [-0.05, 0) is 39.9 Å². The SMILES string of the molecule is CC(=O)OCC1C2OC(c3cc4c(cc32)OCO4)C1CO[Si](C(C)C)(C(C)C)C(C)C. The van der Waals surface area contributed by atoms with Crippen LogP contribution in [-0.4, -0.2) is 34.3 Å². The van der Waals surface area contributed by atoms with Gasteiger partial charge in [-0.1, -0.05) is 41.5 Å². The lowest BCUT2D eigenvalue weighted by Gasteiger charge is -2.43. The zero-order valence-electron chi connectivity index (χ0n) is 19.8. The third kappa shape index (κ3) is 3.68. The normalized spacial score (nSPS) is 26.3. The van der Waals surface area contributed by atoms with Gasteiger partial charge >= 0.3 is 5.97 Å². The first kappa shape index (κ1) is 22.6. The maximum atomic E-state index is 11.6.